The van der Waals surface area contributed by atoms with Crippen molar-refractivity contribution in [1.82, 2.24) is 9.97 Å². The van der Waals surface area contributed by atoms with E-state index in [2.05, 4.69) is 14.3 Å². The van der Waals surface area contributed by atoms with Crippen LogP contribution in [0.5, 0.6) is 5.88 Å². The van der Waals surface area contributed by atoms with E-state index in [1.807, 2.05) is 24.3 Å². The van der Waals surface area contributed by atoms with E-state index in [-0.39, 0.29) is 0 Å². The molecule has 0 spiro atoms. The molecular formula is C8H5ClN2O. The highest BCUT2D eigenvalue weighted by Gasteiger charge is 1.97. The molecule has 0 bridgehead atoms. The van der Waals surface area contributed by atoms with Crippen LogP contribution >= 0.6 is 11.9 Å². The van der Waals surface area contributed by atoms with Crippen LogP contribution in [0.15, 0.2) is 30.5 Å². The molecule has 1 aromatic heterocycles. The molecule has 12 heavy (non-hydrogen) atoms. The van der Waals surface area contributed by atoms with Crippen LogP contribution in [-0.4, -0.2) is 9.97 Å². The summed E-state index contributed by atoms with van der Waals surface area (Å²) in [5.41, 5.74) is 1.60. The van der Waals surface area contributed by atoms with E-state index in [9.17, 15) is 0 Å². The monoisotopic (exact) mass is 180 g/mol. The topological polar surface area (TPSA) is 35.0 Å². The summed E-state index contributed by atoms with van der Waals surface area (Å²) in [6.45, 7) is 0. The van der Waals surface area contributed by atoms with Crippen LogP contribution in [0.25, 0.3) is 11.0 Å². The Morgan fingerprint density at radius 2 is 1.92 bits per heavy atom. The van der Waals surface area contributed by atoms with Crippen LogP contribution in [0, 0.1) is 0 Å². The maximum atomic E-state index is 5.12. The molecule has 0 N–H and O–H groups in total. The molecule has 0 unspecified atom stereocenters. The predicted molar refractivity (Wildman–Crippen MR) is 46.0 cm³/mol. The van der Waals surface area contributed by atoms with Crippen molar-refractivity contribution in [3.05, 3.63) is 30.5 Å². The van der Waals surface area contributed by atoms with Gasteiger partial charge in [0.1, 0.15) is 11.9 Å². The van der Waals surface area contributed by atoms with Crippen molar-refractivity contribution >= 4 is 22.9 Å². The molecule has 2 rings (SSSR count). The third-order valence-corrected chi connectivity index (χ3v) is 1.66. The molecule has 0 amide bonds. The Labute approximate surface area is 74.1 Å². The first-order valence-electron chi connectivity index (χ1n) is 3.40. The maximum Gasteiger partial charge on any atom is 0.256 e. The first-order chi connectivity index (χ1) is 5.90. The Hall–Kier alpha value is -1.35. The quantitative estimate of drug-likeness (QED) is 0.675. The van der Waals surface area contributed by atoms with E-state index >= 15 is 0 Å². The van der Waals surface area contributed by atoms with Crippen LogP contribution in [0.4, 0.5) is 0 Å². The van der Waals surface area contributed by atoms with Gasteiger partial charge < -0.3 is 4.29 Å². The Kier molecular flexibility index (Phi) is 1.80. The molecule has 3 nitrogen and oxygen atoms in total. The van der Waals surface area contributed by atoms with Crippen molar-refractivity contribution in [2.75, 3.05) is 0 Å². The standard InChI is InChI=1S/C8H5ClN2O/c9-12-8-5-10-6-3-1-2-4-7(6)11-8/h1-5H. The number of benzene rings is 1. The van der Waals surface area contributed by atoms with Crippen LogP contribution in [-0.2, 0) is 0 Å². The Morgan fingerprint density at radius 1 is 1.17 bits per heavy atom. The summed E-state index contributed by atoms with van der Waals surface area (Å²) < 4.78 is 4.42. The zero-order chi connectivity index (χ0) is 8.39. The molecule has 0 saturated heterocycles. The Balaban J connectivity index is 2.67. The summed E-state index contributed by atoms with van der Waals surface area (Å²) >= 11 is 5.12. The van der Waals surface area contributed by atoms with Gasteiger partial charge in [-0.05, 0) is 12.1 Å². The number of halogens is 1. The lowest BCUT2D eigenvalue weighted by molar-refractivity contribution is 0.590. The average Bonchev–Trinajstić information content (AvgIpc) is 2.17. The van der Waals surface area contributed by atoms with Gasteiger partial charge in [0.05, 0.1) is 17.2 Å². The largest absolute Gasteiger partial charge is 0.363 e. The number of hydrogen-bond acceptors (Lipinski definition) is 3. The summed E-state index contributed by atoms with van der Waals surface area (Å²) in [6.07, 6.45) is 1.48. The van der Waals surface area contributed by atoms with Crippen molar-refractivity contribution in [3.63, 3.8) is 0 Å². The summed E-state index contributed by atoms with van der Waals surface area (Å²) in [7, 11) is 0. The van der Waals surface area contributed by atoms with E-state index in [4.69, 9.17) is 11.9 Å². The lowest BCUT2D eigenvalue weighted by Crippen LogP contribution is -1.85. The minimum atomic E-state index is 0.315. The van der Waals surface area contributed by atoms with Gasteiger partial charge in [-0.1, -0.05) is 12.1 Å². The fourth-order valence-corrected chi connectivity index (χ4v) is 1.05. The molecule has 2 aromatic rings. The van der Waals surface area contributed by atoms with Gasteiger partial charge in [0.2, 0.25) is 0 Å². The van der Waals surface area contributed by atoms with Crippen molar-refractivity contribution in [2.45, 2.75) is 0 Å². The van der Waals surface area contributed by atoms with E-state index in [1.54, 1.807) is 0 Å². The van der Waals surface area contributed by atoms with Gasteiger partial charge in [0, 0.05) is 0 Å². The molecule has 0 saturated carbocycles. The van der Waals surface area contributed by atoms with Gasteiger partial charge in [-0.25, -0.2) is 9.97 Å². The normalized spacial score (nSPS) is 10.1. The third kappa shape index (κ3) is 1.19. The molecule has 0 aliphatic heterocycles. The fraction of sp³-hybridized carbons (Fsp3) is 0. The van der Waals surface area contributed by atoms with Crippen LogP contribution in [0.1, 0.15) is 0 Å². The molecule has 1 aromatic carbocycles. The maximum absolute atomic E-state index is 5.12. The van der Waals surface area contributed by atoms with E-state index in [1.165, 1.54) is 6.20 Å². The first kappa shape index (κ1) is 7.31. The van der Waals surface area contributed by atoms with E-state index in [0.717, 1.165) is 11.0 Å². The molecule has 0 atom stereocenters. The number of aromatic nitrogens is 2. The molecular weight excluding hydrogens is 176 g/mol. The predicted octanol–water partition coefficient (Wildman–Crippen LogP) is 2.16. The Bertz CT molecular complexity index is 405. The van der Waals surface area contributed by atoms with Crippen molar-refractivity contribution in [3.8, 4) is 5.88 Å². The number of hydrogen-bond donors (Lipinski definition) is 0. The molecule has 0 aliphatic rings. The van der Waals surface area contributed by atoms with Gasteiger partial charge >= 0.3 is 0 Å². The highest BCUT2D eigenvalue weighted by atomic mass is 35.5. The van der Waals surface area contributed by atoms with Crippen LogP contribution in [0.2, 0.25) is 0 Å². The van der Waals surface area contributed by atoms with Crippen LogP contribution in [0.3, 0.4) is 0 Å². The van der Waals surface area contributed by atoms with Gasteiger partial charge in [-0.2, -0.15) is 0 Å². The summed E-state index contributed by atoms with van der Waals surface area (Å²) in [6, 6.07) is 7.51. The van der Waals surface area contributed by atoms with E-state index in [0.29, 0.717) is 5.88 Å². The SMILES string of the molecule is ClOc1cnc2ccccc2n1. The summed E-state index contributed by atoms with van der Waals surface area (Å²) in [4.78, 5) is 8.16. The number of fused-ring (bicyclic) bond motifs is 1. The third-order valence-electron chi connectivity index (χ3n) is 1.51. The second-order valence-electron chi connectivity index (χ2n) is 2.27. The molecule has 60 valence electrons. The summed E-state index contributed by atoms with van der Waals surface area (Å²) in [5, 5.41) is 0. The van der Waals surface area contributed by atoms with Gasteiger partial charge in [-0.3, -0.25) is 0 Å². The lowest BCUT2D eigenvalue weighted by Gasteiger charge is -1.96. The van der Waals surface area contributed by atoms with Gasteiger partial charge in [-0.15, -0.1) is 0 Å². The number of para-hydroxylation sites is 2. The minimum Gasteiger partial charge on any atom is -0.363 e. The smallest absolute Gasteiger partial charge is 0.256 e. The molecule has 1 heterocycles. The van der Waals surface area contributed by atoms with Crippen molar-refractivity contribution in [2.24, 2.45) is 0 Å². The number of rotatable bonds is 1. The molecule has 0 fully saturated rings. The van der Waals surface area contributed by atoms with Crippen molar-refractivity contribution < 1.29 is 4.29 Å². The van der Waals surface area contributed by atoms with Crippen LogP contribution < -0.4 is 4.29 Å². The molecule has 4 heteroatoms. The fourth-order valence-electron chi connectivity index (χ4n) is 0.977. The average molecular weight is 181 g/mol. The minimum absolute atomic E-state index is 0.315. The zero-order valence-corrected chi connectivity index (χ0v) is 6.82. The van der Waals surface area contributed by atoms with Gasteiger partial charge in [0.25, 0.3) is 5.88 Å². The second kappa shape index (κ2) is 2.95. The molecule has 0 radical (unpaired) electrons. The zero-order valence-electron chi connectivity index (χ0n) is 6.07. The first-order valence-corrected chi connectivity index (χ1v) is 3.71. The number of nitrogens with zero attached hydrogens (tertiary/aromatic N) is 2. The summed E-state index contributed by atoms with van der Waals surface area (Å²) in [5.74, 6) is 0.315. The van der Waals surface area contributed by atoms with E-state index < -0.39 is 0 Å². The highest BCUT2D eigenvalue weighted by molar-refractivity contribution is 6.08. The molecule has 0 aliphatic carbocycles. The Morgan fingerprint density at radius 3 is 2.67 bits per heavy atom. The second-order valence-corrected chi connectivity index (χ2v) is 2.43. The van der Waals surface area contributed by atoms with Gasteiger partial charge in [0.15, 0.2) is 0 Å². The van der Waals surface area contributed by atoms with Crippen molar-refractivity contribution in [1.29, 1.82) is 0 Å². The lowest BCUT2D eigenvalue weighted by atomic mass is 10.3. The highest BCUT2D eigenvalue weighted by Crippen LogP contribution is 2.13.